The maximum absolute atomic E-state index is 11.7. The third-order valence-corrected chi connectivity index (χ3v) is 1.89. The van der Waals surface area contributed by atoms with Gasteiger partial charge in [-0.15, -0.1) is 0 Å². The number of aliphatic carboxylic acids is 1. The number of hydrogen-bond donors (Lipinski definition) is 2. The van der Waals surface area contributed by atoms with Crippen LogP contribution >= 0.6 is 0 Å². The molecule has 0 aliphatic carbocycles. The van der Waals surface area contributed by atoms with E-state index >= 15 is 0 Å². The van der Waals surface area contributed by atoms with Gasteiger partial charge in [-0.05, 0) is 5.41 Å². The van der Waals surface area contributed by atoms with E-state index in [-0.39, 0.29) is 17.4 Å². The lowest BCUT2D eigenvalue weighted by molar-refractivity contribution is -0.136. The Balaban J connectivity index is 2.90. The third kappa shape index (κ3) is 3.27. The minimum absolute atomic E-state index is 0.0187. The Morgan fingerprint density at radius 3 is 2.60 bits per heavy atom. The molecule has 0 amide bonds. The normalized spacial score (nSPS) is 11.7. The molecule has 0 atom stereocenters. The van der Waals surface area contributed by atoms with Crippen molar-refractivity contribution in [3.63, 3.8) is 0 Å². The predicted octanol–water partition coefficient (Wildman–Crippen LogP) is 0.850. The van der Waals surface area contributed by atoms with Gasteiger partial charge < -0.3 is 10.2 Å². The second-order valence-corrected chi connectivity index (χ2v) is 4.82. The molecule has 0 aliphatic rings. The zero-order chi connectivity index (χ0) is 11.6. The molecule has 1 rings (SSSR count). The monoisotopic (exact) mass is 212 g/mol. The van der Waals surface area contributed by atoms with Gasteiger partial charge in [0.05, 0.1) is 6.42 Å². The van der Waals surface area contributed by atoms with Crippen molar-refractivity contribution in [3.8, 4) is 0 Å². The Morgan fingerprint density at radius 1 is 1.53 bits per heavy atom. The molecule has 0 saturated heterocycles. The van der Waals surface area contributed by atoms with Crippen LogP contribution in [0, 0.1) is 5.41 Å². The summed E-state index contributed by atoms with van der Waals surface area (Å²) in [5.41, 5.74) is 0.0360. The van der Waals surface area contributed by atoms with Crippen molar-refractivity contribution in [1.82, 2.24) is 9.78 Å². The molecule has 84 valence electrons. The maximum Gasteiger partial charge on any atom is 0.308 e. The van der Waals surface area contributed by atoms with Gasteiger partial charge in [-0.2, -0.15) is 0 Å². The minimum Gasteiger partial charge on any atom is -0.481 e. The molecule has 0 bridgehead atoms. The summed E-state index contributed by atoms with van der Waals surface area (Å²) in [6.45, 7) is 6.58. The quantitative estimate of drug-likeness (QED) is 0.780. The van der Waals surface area contributed by atoms with Crippen LogP contribution in [0.25, 0.3) is 0 Å². The predicted molar refractivity (Wildman–Crippen MR) is 55.8 cm³/mol. The maximum atomic E-state index is 11.7. The summed E-state index contributed by atoms with van der Waals surface area (Å²) in [6, 6.07) is 0. The van der Waals surface area contributed by atoms with Crippen LogP contribution in [-0.2, 0) is 17.8 Å². The van der Waals surface area contributed by atoms with Gasteiger partial charge >= 0.3 is 5.97 Å². The molecular weight excluding hydrogens is 196 g/mol. The van der Waals surface area contributed by atoms with Gasteiger partial charge in [-0.1, -0.05) is 20.8 Å². The van der Waals surface area contributed by atoms with Crippen molar-refractivity contribution in [2.75, 3.05) is 0 Å². The number of nitrogens with one attached hydrogen (secondary N) is 1. The molecule has 0 unspecified atom stereocenters. The third-order valence-electron chi connectivity index (χ3n) is 1.89. The van der Waals surface area contributed by atoms with Gasteiger partial charge in [0, 0.05) is 18.3 Å². The number of aromatic nitrogens is 2. The van der Waals surface area contributed by atoms with Crippen LogP contribution in [0.1, 0.15) is 26.3 Å². The molecule has 5 heteroatoms. The summed E-state index contributed by atoms with van der Waals surface area (Å²) in [4.78, 5) is 22.1. The first kappa shape index (κ1) is 11.6. The van der Waals surface area contributed by atoms with E-state index in [1.807, 2.05) is 20.8 Å². The largest absolute Gasteiger partial charge is 0.481 e. The first-order valence-corrected chi connectivity index (χ1v) is 4.78. The molecule has 2 N–H and O–H groups in total. The average molecular weight is 212 g/mol. The summed E-state index contributed by atoms with van der Waals surface area (Å²) < 4.78 is 1.44. The average Bonchev–Trinajstić information content (AvgIpc) is 2.32. The Kier molecular flexibility index (Phi) is 3.02. The van der Waals surface area contributed by atoms with E-state index in [1.54, 1.807) is 0 Å². The smallest absolute Gasteiger partial charge is 0.308 e. The van der Waals surface area contributed by atoms with E-state index in [1.165, 1.54) is 10.9 Å². The topological polar surface area (TPSA) is 75.1 Å². The van der Waals surface area contributed by atoms with E-state index in [0.717, 1.165) is 0 Å². The number of carbonyl (C=O) groups is 1. The number of rotatable bonds is 3. The zero-order valence-electron chi connectivity index (χ0n) is 9.20. The molecule has 0 spiro atoms. The van der Waals surface area contributed by atoms with Crippen molar-refractivity contribution in [2.45, 2.75) is 33.7 Å². The zero-order valence-corrected chi connectivity index (χ0v) is 9.20. The molecule has 1 aromatic rings. The van der Waals surface area contributed by atoms with Gasteiger partial charge in [0.2, 0.25) is 0 Å². The molecule has 15 heavy (non-hydrogen) atoms. The molecule has 0 aromatic carbocycles. The summed E-state index contributed by atoms with van der Waals surface area (Å²) >= 11 is 0. The lowest BCUT2D eigenvalue weighted by atomic mass is 9.97. The lowest BCUT2D eigenvalue weighted by Crippen LogP contribution is -2.26. The fourth-order valence-corrected chi connectivity index (χ4v) is 1.33. The highest BCUT2D eigenvalue weighted by atomic mass is 16.4. The molecule has 0 radical (unpaired) electrons. The number of hydrogen-bond acceptors (Lipinski definition) is 2. The summed E-state index contributed by atoms with van der Waals surface area (Å²) in [5.74, 6) is -0.992. The SMILES string of the molecule is CC(C)(C)Cn1[nH]cc(CC(=O)O)c1=O. The second kappa shape index (κ2) is 3.92. The minimum atomic E-state index is -0.992. The molecule has 1 aromatic heterocycles. The highest BCUT2D eigenvalue weighted by Gasteiger charge is 2.15. The highest BCUT2D eigenvalue weighted by Crippen LogP contribution is 2.14. The van der Waals surface area contributed by atoms with Crippen LogP contribution in [0.3, 0.4) is 0 Å². The molecule has 0 saturated carbocycles. The number of H-pyrrole nitrogens is 1. The van der Waals surface area contributed by atoms with Crippen LogP contribution in [0.15, 0.2) is 11.0 Å². The molecule has 0 fully saturated rings. The van der Waals surface area contributed by atoms with Gasteiger partial charge in [0.25, 0.3) is 5.56 Å². The molecule has 5 nitrogen and oxygen atoms in total. The van der Waals surface area contributed by atoms with Gasteiger partial charge in [-0.25, -0.2) is 0 Å². The van der Waals surface area contributed by atoms with Gasteiger partial charge in [0.15, 0.2) is 0 Å². The summed E-state index contributed by atoms with van der Waals surface area (Å²) in [5, 5.41) is 11.3. The molecule has 1 heterocycles. The number of nitrogens with zero attached hydrogens (tertiary/aromatic N) is 1. The highest BCUT2D eigenvalue weighted by molar-refractivity contribution is 5.69. The first-order valence-electron chi connectivity index (χ1n) is 4.78. The fourth-order valence-electron chi connectivity index (χ4n) is 1.33. The Labute approximate surface area is 87.7 Å². The lowest BCUT2D eigenvalue weighted by Gasteiger charge is -2.17. The number of carboxylic acids is 1. The molecule has 0 aliphatic heterocycles. The van der Waals surface area contributed by atoms with Crippen molar-refractivity contribution in [1.29, 1.82) is 0 Å². The van der Waals surface area contributed by atoms with E-state index in [2.05, 4.69) is 5.10 Å². The second-order valence-electron chi connectivity index (χ2n) is 4.82. The van der Waals surface area contributed by atoms with Crippen LogP contribution in [0.5, 0.6) is 0 Å². The number of carboxylic acid groups (broad SMARTS) is 1. The Hall–Kier alpha value is -1.52. The Morgan fingerprint density at radius 2 is 2.13 bits per heavy atom. The summed E-state index contributed by atoms with van der Waals surface area (Å²) in [6.07, 6.45) is 1.23. The van der Waals surface area contributed by atoms with Crippen LogP contribution in [-0.4, -0.2) is 20.9 Å². The van der Waals surface area contributed by atoms with Crippen LogP contribution in [0.2, 0.25) is 0 Å². The standard InChI is InChI=1S/C10H16N2O3/c1-10(2,3)6-12-9(15)7(5-11-12)4-8(13)14/h5,11H,4,6H2,1-3H3,(H,13,14). The van der Waals surface area contributed by atoms with Crippen molar-refractivity contribution in [3.05, 3.63) is 22.1 Å². The van der Waals surface area contributed by atoms with Gasteiger partial charge in [0.1, 0.15) is 0 Å². The van der Waals surface area contributed by atoms with Crippen molar-refractivity contribution < 1.29 is 9.90 Å². The first-order chi connectivity index (χ1) is 6.79. The van der Waals surface area contributed by atoms with Crippen molar-refractivity contribution in [2.24, 2.45) is 5.41 Å². The summed E-state index contributed by atoms with van der Waals surface area (Å²) in [7, 11) is 0. The molecular formula is C10H16N2O3. The number of aromatic amines is 1. The van der Waals surface area contributed by atoms with E-state index < -0.39 is 5.97 Å². The van der Waals surface area contributed by atoms with Crippen molar-refractivity contribution >= 4 is 5.97 Å². The van der Waals surface area contributed by atoms with E-state index in [9.17, 15) is 9.59 Å². The van der Waals surface area contributed by atoms with Gasteiger partial charge in [-0.3, -0.25) is 14.3 Å². The Bertz CT molecular complexity index is 409. The van der Waals surface area contributed by atoms with E-state index in [4.69, 9.17) is 5.11 Å². The fraction of sp³-hybridized carbons (Fsp3) is 0.600. The van der Waals surface area contributed by atoms with Crippen LogP contribution < -0.4 is 5.56 Å². The van der Waals surface area contributed by atoms with E-state index in [0.29, 0.717) is 12.1 Å². The van der Waals surface area contributed by atoms with Crippen LogP contribution in [0.4, 0.5) is 0 Å².